The third-order valence-corrected chi connectivity index (χ3v) is 1.78. The zero-order chi connectivity index (χ0) is 10.6. The van der Waals surface area contributed by atoms with Crippen LogP contribution in [0.5, 0.6) is 0 Å². The molecule has 72 valence electrons. The van der Waals surface area contributed by atoms with E-state index in [1.54, 1.807) is 31.2 Å². The van der Waals surface area contributed by atoms with Crippen LogP contribution in [0.1, 0.15) is 12.5 Å². The summed E-state index contributed by atoms with van der Waals surface area (Å²) in [5.41, 5.74) is 1.45. The van der Waals surface area contributed by atoms with E-state index in [2.05, 4.69) is 11.2 Å². The first-order valence-corrected chi connectivity index (χ1v) is 4.19. The van der Waals surface area contributed by atoms with Crippen molar-refractivity contribution in [1.29, 1.82) is 0 Å². The molecule has 0 fully saturated rings. The summed E-state index contributed by atoms with van der Waals surface area (Å²) in [6, 6.07) is 6.46. The van der Waals surface area contributed by atoms with Gasteiger partial charge in [0.05, 0.1) is 0 Å². The Kier molecular flexibility index (Phi) is 3.14. The first kappa shape index (κ1) is 10.1. The maximum atomic E-state index is 10.6. The molecular formula is C11H11NO2. The smallest absolute Gasteiger partial charge is 0.325 e. The number of carbonyl (C=O) groups is 1. The fourth-order valence-corrected chi connectivity index (χ4v) is 1.01. The molecule has 0 aliphatic rings. The van der Waals surface area contributed by atoms with Gasteiger partial charge in [-0.25, -0.2) is 0 Å². The van der Waals surface area contributed by atoms with Crippen LogP contribution in [0.25, 0.3) is 0 Å². The zero-order valence-corrected chi connectivity index (χ0v) is 7.82. The summed E-state index contributed by atoms with van der Waals surface area (Å²) >= 11 is 0. The Bertz CT molecular complexity index is 379. The molecule has 14 heavy (non-hydrogen) atoms. The number of anilines is 1. The predicted octanol–water partition coefficient (Wildman–Crippen LogP) is 1.55. The Balaban J connectivity index is 2.78. The standard InChI is InChI=1S/C11H11NO2/c1-3-9-5-4-6-10(7-9)12-8(2)11(13)14/h1,4-8,12H,2H3,(H,13,14)/t8-/m0/s1. The third-order valence-electron chi connectivity index (χ3n) is 1.78. The van der Waals surface area contributed by atoms with Crippen LogP contribution in [-0.2, 0) is 4.79 Å². The molecule has 0 aromatic heterocycles. The summed E-state index contributed by atoms with van der Waals surface area (Å²) in [6.45, 7) is 1.57. The van der Waals surface area contributed by atoms with E-state index in [-0.39, 0.29) is 0 Å². The van der Waals surface area contributed by atoms with Gasteiger partial charge >= 0.3 is 5.97 Å². The van der Waals surface area contributed by atoms with Gasteiger partial charge in [-0.2, -0.15) is 0 Å². The summed E-state index contributed by atoms with van der Waals surface area (Å²) in [6.07, 6.45) is 5.22. The second kappa shape index (κ2) is 4.33. The minimum absolute atomic E-state index is 0.622. The van der Waals surface area contributed by atoms with Crippen molar-refractivity contribution in [1.82, 2.24) is 0 Å². The Hall–Kier alpha value is -1.95. The molecule has 0 spiro atoms. The van der Waals surface area contributed by atoms with Gasteiger partial charge < -0.3 is 10.4 Å². The lowest BCUT2D eigenvalue weighted by atomic mass is 10.2. The van der Waals surface area contributed by atoms with Gasteiger partial charge in [0, 0.05) is 11.3 Å². The van der Waals surface area contributed by atoms with Crippen molar-refractivity contribution in [3.63, 3.8) is 0 Å². The van der Waals surface area contributed by atoms with Gasteiger partial charge in [0.2, 0.25) is 0 Å². The lowest BCUT2D eigenvalue weighted by molar-refractivity contribution is -0.137. The number of aliphatic carboxylic acids is 1. The van der Waals surface area contributed by atoms with E-state index in [9.17, 15) is 4.79 Å². The van der Waals surface area contributed by atoms with E-state index >= 15 is 0 Å². The largest absolute Gasteiger partial charge is 0.480 e. The highest BCUT2D eigenvalue weighted by atomic mass is 16.4. The normalized spacial score (nSPS) is 11.4. The molecule has 0 unspecified atom stereocenters. The van der Waals surface area contributed by atoms with Gasteiger partial charge in [0.1, 0.15) is 6.04 Å². The molecule has 0 amide bonds. The van der Waals surface area contributed by atoms with Crippen LogP contribution in [0.2, 0.25) is 0 Å². The quantitative estimate of drug-likeness (QED) is 0.709. The van der Waals surface area contributed by atoms with Crippen molar-refractivity contribution in [2.24, 2.45) is 0 Å². The predicted molar refractivity (Wildman–Crippen MR) is 55.1 cm³/mol. The fourth-order valence-electron chi connectivity index (χ4n) is 1.01. The molecule has 1 aromatic rings. The van der Waals surface area contributed by atoms with Crippen molar-refractivity contribution in [3.8, 4) is 12.3 Å². The molecule has 1 rings (SSSR count). The van der Waals surface area contributed by atoms with Gasteiger partial charge in [-0.15, -0.1) is 6.42 Å². The number of benzene rings is 1. The summed E-state index contributed by atoms with van der Waals surface area (Å²) in [5.74, 6) is 1.59. The highest BCUT2D eigenvalue weighted by molar-refractivity contribution is 5.76. The number of rotatable bonds is 3. The topological polar surface area (TPSA) is 49.3 Å². The van der Waals surface area contributed by atoms with Crippen LogP contribution >= 0.6 is 0 Å². The average molecular weight is 189 g/mol. The first-order valence-electron chi connectivity index (χ1n) is 4.19. The fraction of sp³-hybridized carbons (Fsp3) is 0.182. The maximum Gasteiger partial charge on any atom is 0.325 e. The van der Waals surface area contributed by atoms with E-state index in [4.69, 9.17) is 11.5 Å². The van der Waals surface area contributed by atoms with Crippen molar-refractivity contribution >= 4 is 11.7 Å². The SMILES string of the molecule is C#Cc1cccc(N[C@@H](C)C(=O)O)c1. The summed E-state index contributed by atoms with van der Waals surface area (Å²) < 4.78 is 0. The average Bonchev–Trinajstić information content (AvgIpc) is 2.18. The van der Waals surface area contributed by atoms with E-state index in [1.165, 1.54) is 0 Å². The van der Waals surface area contributed by atoms with E-state index in [1.807, 2.05) is 0 Å². The van der Waals surface area contributed by atoms with E-state index in [0.29, 0.717) is 0 Å². The maximum absolute atomic E-state index is 10.6. The highest BCUT2D eigenvalue weighted by Crippen LogP contribution is 2.10. The molecule has 3 nitrogen and oxygen atoms in total. The molecule has 1 atom stereocenters. The molecule has 0 heterocycles. The first-order chi connectivity index (χ1) is 6.63. The van der Waals surface area contributed by atoms with Crippen LogP contribution in [0, 0.1) is 12.3 Å². The Labute approximate surface area is 82.8 Å². The van der Waals surface area contributed by atoms with Gasteiger partial charge in [-0.3, -0.25) is 4.79 Å². The molecule has 0 aliphatic heterocycles. The molecule has 0 aliphatic carbocycles. The van der Waals surface area contributed by atoms with Crippen molar-refractivity contribution in [2.75, 3.05) is 5.32 Å². The molecule has 0 saturated carbocycles. The molecule has 0 saturated heterocycles. The van der Waals surface area contributed by atoms with Gasteiger partial charge in [-0.1, -0.05) is 12.0 Å². The summed E-state index contributed by atoms with van der Waals surface area (Å²) in [4.78, 5) is 10.6. The van der Waals surface area contributed by atoms with Gasteiger partial charge in [0.15, 0.2) is 0 Å². The van der Waals surface area contributed by atoms with Crippen molar-refractivity contribution in [3.05, 3.63) is 29.8 Å². The van der Waals surface area contributed by atoms with Crippen LogP contribution < -0.4 is 5.32 Å². The van der Waals surface area contributed by atoms with Crippen LogP contribution in [-0.4, -0.2) is 17.1 Å². The summed E-state index contributed by atoms with van der Waals surface area (Å²) in [7, 11) is 0. The molecular weight excluding hydrogens is 178 g/mol. The molecule has 3 heteroatoms. The molecule has 2 N–H and O–H groups in total. The second-order valence-corrected chi connectivity index (χ2v) is 2.93. The number of terminal acetylenes is 1. The minimum atomic E-state index is -0.892. The molecule has 1 aromatic carbocycles. The monoisotopic (exact) mass is 189 g/mol. The molecule has 0 radical (unpaired) electrons. The second-order valence-electron chi connectivity index (χ2n) is 2.93. The lowest BCUT2D eigenvalue weighted by Crippen LogP contribution is -2.25. The number of nitrogens with one attached hydrogen (secondary N) is 1. The Morgan fingerprint density at radius 1 is 1.64 bits per heavy atom. The molecule has 0 bridgehead atoms. The van der Waals surface area contributed by atoms with Crippen molar-refractivity contribution < 1.29 is 9.90 Å². The van der Waals surface area contributed by atoms with E-state index in [0.717, 1.165) is 11.3 Å². The minimum Gasteiger partial charge on any atom is -0.480 e. The van der Waals surface area contributed by atoms with Crippen LogP contribution in [0.15, 0.2) is 24.3 Å². The number of carboxylic acids is 1. The van der Waals surface area contributed by atoms with Crippen molar-refractivity contribution in [2.45, 2.75) is 13.0 Å². The van der Waals surface area contributed by atoms with E-state index < -0.39 is 12.0 Å². The van der Waals surface area contributed by atoms with Gasteiger partial charge in [-0.05, 0) is 25.1 Å². The number of hydrogen-bond acceptors (Lipinski definition) is 2. The van der Waals surface area contributed by atoms with Crippen LogP contribution in [0.3, 0.4) is 0 Å². The van der Waals surface area contributed by atoms with Crippen LogP contribution in [0.4, 0.5) is 5.69 Å². The third kappa shape index (κ3) is 2.53. The highest BCUT2D eigenvalue weighted by Gasteiger charge is 2.09. The summed E-state index contributed by atoms with van der Waals surface area (Å²) in [5, 5.41) is 11.5. The number of hydrogen-bond donors (Lipinski definition) is 2. The number of carboxylic acid groups (broad SMARTS) is 1. The Morgan fingerprint density at radius 3 is 2.93 bits per heavy atom. The zero-order valence-electron chi connectivity index (χ0n) is 7.82. The lowest BCUT2D eigenvalue weighted by Gasteiger charge is -2.10. The van der Waals surface area contributed by atoms with Gasteiger partial charge in [0.25, 0.3) is 0 Å². The Morgan fingerprint density at radius 2 is 2.36 bits per heavy atom.